The summed E-state index contributed by atoms with van der Waals surface area (Å²) in [6.45, 7) is -0.509. The molecule has 2 N–H and O–H groups in total. The summed E-state index contributed by atoms with van der Waals surface area (Å²) in [5.41, 5.74) is -2.77. The summed E-state index contributed by atoms with van der Waals surface area (Å²) >= 11 is 0. The number of carbonyl (C=O) groups excluding carboxylic acids is 1. The predicted molar refractivity (Wildman–Crippen MR) is 137 cm³/mol. The van der Waals surface area contributed by atoms with Crippen molar-refractivity contribution in [3.63, 3.8) is 0 Å². The molecule has 2 aromatic heterocycles. The lowest BCUT2D eigenvalue weighted by Crippen LogP contribution is -2.38. The van der Waals surface area contributed by atoms with Gasteiger partial charge in [-0.05, 0) is 17.2 Å². The van der Waals surface area contributed by atoms with Crippen molar-refractivity contribution >= 4 is 5.91 Å². The van der Waals surface area contributed by atoms with Crippen LogP contribution in [0.15, 0.2) is 80.0 Å². The molecule has 208 valence electrons. The number of rotatable bonds is 7. The average Bonchev–Trinajstić information content (AvgIpc) is 2.90. The van der Waals surface area contributed by atoms with Crippen LogP contribution in [0, 0.1) is 0 Å². The van der Waals surface area contributed by atoms with Gasteiger partial charge in [0.05, 0.1) is 12.1 Å². The van der Waals surface area contributed by atoms with E-state index in [1.165, 1.54) is 32.4 Å². The Hall–Kier alpha value is -5.14. The van der Waals surface area contributed by atoms with E-state index in [0.29, 0.717) is 5.56 Å². The van der Waals surface area contributed by atoms with Crippen molar-refractivity contribution in [3.05, 3.63) is 119 Å². The van der Waals surface area contributed by atoms with Crippen molar-refractivity contribution in [1.29, 1.82) is 0 Å². The normalized spacial score (nSPS) is 11.3. The summed E-state index contributed by atoms with van der Waals surface area (Å²) in [5, 5.41) is 2.35. The first-order valence-electron chi connectivity index (χ1n) is 11.7. The standard InChI is InChI=1S/C26H22F3N5O6/c1-32-14-18(23(37)33(2)25(32)39)16-8-9-17(20(10-16)40-26(27,28)29)12-30-22(36)19-11-21(35)34(24(38)31-19)13-15-6-4-3-5-7-15/h3-11,14H,12-13H2,1-2H3,(H,30,36)(H,31,38). The number of nitrogens with one attached hydrogen (secondary N) is 2. The van der Waals surface area contributed by atoms with Crippen LogP contribution in [0.4, 0.5) is 13.2 Å². The van der Waals surface area contributed by atoms with Crippen LogP contribution in [0.3, 0.4) is 0 Å². The molecule has 0 aliphatic carbocycles. The third-order valence-electron chi connectivity index (χ3n) is 5.94. The molecular formula is C26H22F3N5O6. The number of amides is 1. The summed E-state index contributed by atoms with van der Waals surface area (Å²) in [7, 11) is 2.61. The average molecular weight is 557 g/mol. The molecule has 1 amide bonds. The Bertz CT molecular complexity index is 1790. The first-order chi connectivity index (χ1) is 18.8. The number of hydrogen-bond acceptors (Lipinski definition) is 6. The minimum Gasteiger partial charge on any atom is -0.405 e. The lowest BCUT2D eigenvalue weighted by molar-refractivity contribution is -0.274. The maximum atomic E-state index is 13.2. The Kier molecular flexibility index (Phi) is 7.61. The molecule has 40 heavy (non-hydrogen) atoms. The molecule has 2 aromatic carbocycles. The van der Waals surface area contributed by atoms with E-state index in [0.717, 1.165) is 25.8 Å². The molecule has 0 aliphatic heterocycles. The molecule has 4 aromatic rings. The molecule has 0 radical (unpaired) electrons. The van der Waals surface area contributed by atoms with Crippen LogP contribution in [0.1, 0.15) is 21.6 Å². The van der Waals surface area contributed by atoms with Crippen LogP contribution in [0.2, 0.25) is 0 Å². The van der Waals surface area contributed by atoms with E-state index >= 15 is 0 Å². The van der Waals surface area contributed by atoms with Crippen molar-refractivity contribution in [2.45, 2.75) is 19.5 Å². The number of H-pyrrole nitrogens is 1. The number of ether oxygens (including phenoxy) is 1. The van der Waals surface area contributed by atoms with Crippen LogP contribution < -0.4 is 32.6 Å². The summed E-state index contributed by atoms with van der Waals surface area (Å²) in [5.74, 6) is -1.62. The molecule has 0 saturated carbocycles. The quantitative estimate of drug-likeness (QED) is 0.353. The summed E-state index contributed by atoms with van der Waals surface area (Å²) in [4.78, 5) is 64.4. The minimum absolute atomic E-state index is 0.0277. The number of carbonyl (C=O) groups is 1. The van der Waals surface area contributed by atoms with Gasteiger partial charge in [0.1, 0.15) is 11.4 Å². The van der Waals surface area contributed by atoms with Crippen molar-refractivity contribution in [3.8, 4) is 16.9 Å². The fourth-order valence-corrected chi connectivity index (χ4v) is 3.92. The molecule has 14 heteroatoms. The molecule has 0 spiro atoms. The van der Waals surface area contributed by atoms with Crippen molar-refractivity contribution in [1.82, 2.24) is 24.0 Å². The molecule has 0 bridgehead atoms. The first-order valence-corrected chi connectivity index (χ1v) is 11.7. The van der Waals surface area contributed by atoms with Gasteiger partial charge in [0, 0.05) is 38.5 Å². The van der Waals surface area contributed by atoms with E-state index < -0.39 is 47.1 Å². The van der Waals surface area contributed by atoms with Gasteiger partial charge in [-0.3, -0.25) is 23.5 Å². The van der Waals surface area contributed by atoms with Crippen molar-refractivity contribution in [2.75, 3.05) is 0 Å². The van der Waals surface area contributed by atoms with Crippen LogP contribution in [-0.2, 0) is 27.2 Å². The van der Waals surface area contributed by atoms with E-state index in [9.17, 15) is 37.1 Å². The zero-order valence-corrected chi connectivity index (χ0v) is 21.1. The number of aromatic nitrogens is 4. The smallest absolute Gasteiger partial charge is 0.405 e. The second kappa shape index (κ2) is 10.9. The molecule has 2 heterocycles. The Morgan fingerprint density at radius 2 is 1.70 bits per heavy atom. The van der Waals surface area contributed by atoms with Gasteiger partial charge in [-0.25, -0.2) is 9.59 Å². The van der Waals surface area contributed by atoms with Crippen LogP contribution in [0.25, 0.3) is 11.1 Å². The topological polar surface area (TPSA) is 137 Å². The highest BCUT2D eigenvalue weighted by molar-refractivity contribution is 5.92. The Labute approximate surface area is 222 Å². The van der Waals surface area contributed by atoms with Gasteiger partial charge in [0.15, 0.2) is 0 Å². The first kappa shape index (κ1) is 27.9. The van der Waals surface area contributed by atoms with E-state index in [-0.39, 0.29) is 28.9 Å². The number of benzene rings is 2. The van der Waals surface area contributed by atoms with E-state index in [1.54, 1.807) is 30.3 Å². The fraction of sp³-hybridized carbons (Fsp3) is 0.192. The molecule has 0 unspecified atom stereocenters. The van der Waals surface area contributed by atoms with Gasteiger partial charge in [-0.15, -0.1) is 13.2 Å². The third-order valence-corrected chi connectivity index (χ3v) is 5.94. The lowest BCUT2D eigenvalue weighted by Gasteiger charge is -2.16. The Morgan fingerprint density at radius 1 is 1.00 bits per heavy atom. The van der Waals surface area contributed by atoms with E-state index in [1.807, 2.05) is 0 Å². The van der Waals surface area contributed by atoms with Crippen LogP contribution in [0.5, 0.6) is 5.75 Å². The number of hydrogen-bond donors (Lipinski definition) is 2. The predicted octanol–water partition coefficient (Wildman–Crippen LogP) is 1.48. The molecule has 0 fully saturated rings. The zero-order valence-electron chi connectivity index (χ0n) is 21.1. The van der Waals surface area contributed by atoms with Crippen LogP contribution >= 0.6 is 0 Å². The van der Waals surface area contributed by atoms with Gasteiger partial charge >= 0.3 is 17.7 Å². The minimum atomic E-state index is -5.10. The van der Waals surface area contributed by atoms with Crippen molar-refractivity contribution in [2.24, 2.45) is 14.1 Å². The highest BCUT2D eigenvalue weighted by atomic mass is 19.4. The summed E-state index contributed by atoms with van der Waals surface area (Å²) in [6.07, 6.45) is -3.91. The molecular weight excluding hydrogens is 535 g/mol. The number of alkyl halides is 3. The zero-order chi connectivity index (χ0) is 29.2. The van der Waals surface area contributed by atoms with Gasteiger partial charge in [-0.1, -0.05) is 42.5 Å². The largest absolute Gasteiger partial charge is 0.573 e. The molecule has 0 saturated heterocycles. The fourth-order valence-electron chi connectivity index (χ4n) is 3.92. The number of aromatic amines is 1. The van der Waals surface area contributed by atoms with Crippen LogP contribution in [-0.4, -0.2) is 31.0 Å². The third kappa shape index (κ3) is 6.11. The lowest BCUT2D eigenvalue weighted by atomic mass is 10.0. The second-order valence-electron chi connectivity index (χ2n) is 8.75. The van der Waals surface area contributed by atoms with Gasteiger partial charge < -0.3 is 19.6 Å². The number of halogens is 3. The molecule has 4 rings (SSSR count). The van der Waals surface area contributed by atoms with Gasteiger partial charge in [0.2, 0.25) is 0 Å². The summed E-state index contributed by atoms with van der Waals surface area (Å²) < 4.78 is 46.4. The SMILES string of the molecule is Cn1cc(-c2ccc(CNC(=O)c3cc(=O)n(Cc4ccccc4)c(=O)[nH]3)c(OC(F)(F)F)c2)c(=O)n(C)c1=O. The van der Waals surface area contributed by atoms with E-state index in [2.05, 4.69) is 15.0 Å². The van der Waals surface area contributed by atoms with Gasteiger partial charge in [-0.2, -0.15) is 0 Å². The molecule has 0 atom stereocenters. The maximum Gasteiger partial charge on any atom is 0.573 e. The Morgan fingerprint density at radius 3 is 2.35 bits per heavy atom. The van der Waals surface area contributed by atoms with Crippen molar-refractivity contribution < 1.29 is 22.7 Å². The monoisotopic (exact) mass is 557 g/mol. The number of aryl methyl sites for hydroxylation is 1. The van der Waals surface area contributed by atoms with E-state index in [4.69, 9.17) is 0 Å². The highest BCUT2D eigenvalue weighted by Crippen LogP contribution is 2.30. The molecule has 11 nitrogen and oxygen atoms in total. The van der Waals surface area contributed by atoms with Gasteiger partial charge in [0.25, 0.3) is 17.0 Å². The number of nitrogens with zero attached hydrogens (tertiary/aromatic N) is 3. The Balaban J connectivity index is 1.60. The maximum absolute atomic E-state index is 13.2. The molecule has 0 aliphatic rings. The highest BCUT2D eigenvalue weighted by Gasteiger charge is 2.32. The second-order valence-corrected chi connectivity index (χ2v) is 8.75. The summed E-state index contributed by atoms with van der Waals surface area (Å²) in [6, 6.07) is 13.1.